The summed E-state index contributed by atoms with van der Waals surface area (Å²) in [7, 11) is 0. The van der Waals surface area contributed by atoms with Gasteiger partial charge in [-0.05, 0) is 104 Å². The number of hydrogen-bond donors (Lipinski definition) is 1. The summed E-state index contributed by atoms with van der Waals surface area (Å²) in [5.41, 5.74) is 0.779. The van der Waals surface area contributed by atoms with Crippen molar-refractivity contribution in [1.82, 2.24) is 0 Å². The van der Waals surface area contributed by atoms with E-state index in [9.17, 15) is 9.90 Å². The molecule has 0 radical (unpaired) electrons. The molecule has 0 aromatic carbocycles. The second-order valence-corrected chi connectivity index (χ2v) is 10.0. The number of hydrogen-bond acceptors (Lipinski definition) is 2. The minimum atomic E-state index is -0.0495. The lowest BCUT2D eigenvalue weighted by atomic mass is 9.43. The zero-order chi connectivity index (χ0) is 16.5. The van der Waals surface area contributed by atoms with Gasteiger partial charge in [-0.1, -0.05) is 13.0 Å². The number of carbonyl (C=O) groups is 1. The van der Waals surface area contributed by atoms with Gasteiger partial charge in [0.05, 0.1) is 6.10 Å². The van der Waals surface area contributed by atoms with Crippen LogP contribution in [0.15, 0.2) is 12.2 Å². The second-order valence-electron chi connectivity index (χ2n) is 10.0. The highest BCUT2D eigenvalue weighted by molar-refractivity contribution is 5.91. The highest BCUT2D eigenvalue weighted by atomic mass is 16.3. The van der Waals surface area contributed by atoms with Crippen LogP contribution < -0.4 is 0 Å². The van der Waals surface area contributed by atoms with E-state index in [4.69, 9.17) is 0 Å². The first kappa shape index (κ1) is 15.6. The number of carbonyl (C=O) groups excluding carboxylic acids is 1. The van der Waals surface area contributed by atoms with Gasteiger partial charge in [0.1, 0.15) is 0 Å². The largest absolute Gasteiger partial charge is 0.393 e. The number of allylic oxidation sites excluding steroid dienone is 2. The van der Waals surface area contributed by atoms with E-state index in [-0.39, 0.29) is 6.10 Å². The van der Waals surface area contributed by atoms with Crippen molar-refractivity contribution < 1.29 is 9.90 Å². The van der Waals surface area contributed by atoms with Crippen LogP contribution in [-0.2, 0) is 4.79 Å². The monoisotopic (exact) mass is 328 g/mol. The van der Waals surface area contributed by atoms with Gasteiger partial charge >= 0.3 is 0 Å². The lowest BCUT2D eigenvalue weighted by Gasteiger charge is -2.61. The maximum atomic E-state index is 12.2. The lowest BCUT2D eigenvalue weighted by Crippen LogP contribution is -2.55. The Morgan fingerprint density at radius 2 is 1.92 bits per heavy atom. The van der Waals surface area contributed by atoms with Gasteiger partial charge in [-0.15, -0.1) is 0 Å². The standard InChI is InChI=1S/C22H32O2/c1-21-10-8-16(23)12-15(21)3-6-18-19(21)9-11-22-13-17(24)5-2-14(22)4-7-20(18)22/h2,5,14-16,18-20,23H,3-4,6-13H2,1H3/t14-,15-,16+,18+,19-,20-,21-,22-/m0/s1. The van der Waals surface area contributed by atoms with Crippen LogP contribution in [0.25, 0.3) is 0 Å². The maximum Gasteiger partial charge on any atom is 0.155 e. The van der Waals surface area contributed by atoms with Crippen molar-refractivity contribution in [2.24, 2.45) is 40.4 Å². The van der Waals surface area contributed by atoms with E-state index in [2.05, 4.69) is 13.0 Å². The summed E-state index contributed by atoms with van der Waals surface area (Å²) in [5, 5.41) is 10.1. The maximum absolute atomic E-state index is 12.2. The summed E-state index contributed by atoms with van der Waals surface area (Å²) >= 11 is 0. The summed E-state index contributed by atoms with van der Waals surface area (Å²) in [4.78, 5) is 12.2. The topological polar surface area (TPSA) is 37.3 Å². The van der Waals surface area contributed by atoms with Crippen LogP contribution >= 0.6 is 0 Å². The number of ketones is 1. The summed E-state index contributed by atoms with van der Waals surface area (Å²) < 4.78 is 0. The molecule has 132 valence electrons. The van der Waals surface area contributed by atoms with Crippen molar-refractivity contribution in [2.45, 2.75) is 77.2 Å². The van der Waals surface area contributed by atoms with E-state index in [1.54, 1.807) is 0 Å². The van der Waals surface area contributed by atoms with E-state index < -0.39 is 0 Å². The average molecular weight is 328 g/mol. The van der Waals surface area contributed by atoms with Crippen molar-refractivity contribution in [3.05, 3.63) is 12.2 Å². The predicted molar refractivity (Wildman–Crippen MR) is 94.3 cm³/mol. The van der Waals surface area contributed by atoms with Crippen LogP contribution in [0.2, 0.25) is 0 Å². The molecule has 0 unspecified atom stereocenters. The molecule has 0 amide bonds. The molecule has 8 atom stereocenters. The summed E-state index contributed by atoms with van der Waals surface area (Å²) in [5.74, 6) is 4.29. The molecule has 0 aromatic heterocycles. The van der Waals surface area contributed by atoms with Crippen molar-refractivity contribution in [2.75, 3.05) is 0 Å². The van der Waals surface area contributed by atoms with Crippen molar-refractivity contribution in [1.29, 1.82) is 0 Å². The van der Waals surface area contributed by atoms with Gasteiger partial charge in [-0.2, -0.15) is 0 Å². The predicted octanol–water partition coefficient (Wildman–Crippen LogP) is 4.52. The number of aliphatic hydroxyl groups excluding tert-OH is 1. The molecule has 0 heterocycles. The van der Waals surface area contributed by atoms with Gasteiger partial charge in [0.15, 0.2) is 5.78 Å². The quantitative estimate of drug-likeness (QED) is 0.710. The molecule has 1 spiro atoms. The Morgan fingerprint density at radius 1 is 1.04 bits per heavy atom. The fraction of sp³-hybridized carbons (Fsp3) is 0.864. The van der Waals surface area contributed by atoms with E-state index in [0.717, 1.165) is 42.9 Å². The fourth-order valence-electron chi connectivity index (χ4n) is 8.33. The Kier molecular flexibility index (Phi) is 3.38. The van der Waals surface area contributed by atoms with Crippen molar-refractivity contribution >= 4 is 5.78 Å². The molecule has 4 fully saturated rings. The third kappa shape index (κ3) is 1.95. The van der Waals surface area contributed by atoms with Crippen LogP contribution in [0, 0.1) is 40.4 Å². The summed E-state index contributed by atoms with van der Waals surface area (Å²) in [6, 6.07) is 0. The van der Waals surface area contributed by atoms with E-state index >= 15 is 0 Å². The first-order valence-corrected chi connectivity index (χ1v) is 10.4. The molecular formula is C22H32O2. The molecule has 1 N–H and O–H groups in total. The van der Waals surface area contributed by atoms with Crippen LogP contribution in [0.4, 0.5) is 0 Å². The molecule has 0 saturated heterocycles. The molecule has 0 aliphatic heterocycles. The molecule has 2 heteroatoms. The van der Waals surface area contributed by atoms with Gasteiger partial charge in [0, 0.05) is 6.42 Å². The highest BCUT2D eigenvalue weighted by Crippen LogP contribution is 2.69. The molecule has 5 aliphatic carbocycles. The lowest BCUT2D eigenvalue weighted by molar-refractivity contribution is -0.138. The Labute approximate surface area is 146 Å². The van der Waals surface area contributed by atoms with Gasteiger partial charge in [-0.25, -0.2) is 0 Å². The van der Waals surface area contributed by atoms with E-state index in [0.29, 0.717) is 22.5 Å². The second kappa shape index (κ2) is 5.19. The minimum absolute atomic E-state index is 0.0495. The van der Waals surface area contributed by atoms with Crippen molar-refractivity contribution in [3.8, 4) is 0 Å². The highest BCUT2D eigenvalue weighted by Gasteiger charge is 2.61. The smallest absolute Gasteiger partial charge is 0.155 e. The molecule has 2 nitrogen and oxygen atoms in total. The van der Waals surface area contributed by atoms with Gasteiger partial charge in [-0.3, -0.25) is 4.79 Å². The first-order chi connectivity index (χ1) is 11.5. The third-order valence-corrected chi connectivity index (χ3v) is 9.44. The molecule has 4 saturated carbocycles. The molecule has 5 rings (SSSR count). The number of fused-ring (bicyclic) bond motifs is 4. The molecule has 5 aliphatic rings. The van der Waals surface area contributed by atoms with E-state index in [1.165, 1.54) is 44.9 Å². The Balaban J connectivity index is 1.47. The van der Waals surface area contributed by atoms with Gasteiger partial charge in [0.2, 0.25) is 0 Å². The summed E-state index contributed by atoms with van der Waals surface area (Å²) in [6.45, 7) is 2.55. The third-order valence-electron chi connectivity index (χ3n) is 9.44. The van der Waals surface area contributed by atoms with Gasteiger partial charge < -0.3 is 5.11 Å². The first-order valence-electron chi connectivity index (χ1n) is 10.4. The molecule has 0 bridgehead atoms. The number of rotatable bonds is 0. The summed E-state index contributed by atoms with van der Waals surface area (Å²) in [6.07, 6.45) is 16.2. The van der Waals surface area contributed by atoms with Crippen LogP contribution in [0.1, 0.15) is 71.1 Å². The van der Waals surface area contributed by atoms with Gasteiger partial charge in [0.25, 0.3) is 0 Å². The molecule has 0 aromatic rings. The Bertz CT molecular complexity index is 581. The minimum Gasteiger partial charge on any atom is -0.393 e. The Morgan fingerprint density at radius 3 is 2.79 bits per heavy atom. The Hall–Kier alpha value is -0.630. The molecular weight excluding hydrogens is 296 g/mol. The normalized spacial score (nSPS) is 56.2. The van der Waals surface area contributed by atoms with Crippen LogP contribution in [0.5, 0.6) is 0 Å². The fourth-order valence-corrected chi connectivity index (χ4v) is 8.33. The number of aliphatic hydroxyl groups is 1. The SMILES string of the molecule is C[C@]12CC[C@@H](O)C[C@@H]1CC[C@@H]1[C@@H]2CC[C@]23CC(=O)C=C[C@H]2CC[C@@H]13. The molecule has 24 heavy (non-hydrogen) atoms. The van der Waals surface area contributed by atoms with E-state index in [1.807, 2.05) is 6.08 Å². The van der Waals surface area contributed by atoms with Crippen molar-refractivity contribution in [3.63, 3.8) is 0 Å². The zero-order valence-corrected chi connectivity index (χ0v) is 15.0. The van der Waals surface area contributed by atoms with Crippen LogP contribution in [0.3, 0.4) is 0 Å². The zero-order valence-electron chi connectivity index (χ0n) is 15.0. The van der Waals surface area contributed by atoms with Crippen LogP contribution in [-0.4, -0.2) is 17.0 Å². The average Bonchev–Trinajstić information content (AvgIpc) is 2.94.